The number of anilines is 1. The van der Waals surface area contributed by atoms with Gasteiger partial charge in [-0.1, -0.05) is 18.2 Å². The Bertz CT molecular complexity index is 659. The second-order valence-electron chi connectivity index (χ2n) is 5.06. The number of carbonyl (C=O) groups excluding carboxylic acids is 2. The Kier molecular flexibility index (Phi) is 6.58. The second kappa shape index (κ2) is 8.19. The molecule has 0 aliphatic rings. The molecule has 1 amide bonds. The number of amides is 1. The van der Waals surface area contributed by atoms with Crippen molar-refractivity contribution in [1.29, 1.82) is 0 Å². The molecule has 0 fully saturated rings. The van der Waals surface area contributed by atoms with Gasteiger partial charge < -0.3 is 16.4 Å². The van der Waals surface area contributed by atoms with Gasteiger partial charge in [-0.2, -0.15) is 13.2 Å². The third-order valence-electron chi connectivity index (χ3n) is 3.05. The lowest BCUT2D eigenvalue weighted by Gasteiger charge is -2.12. The van der Waals surface area contributed by atoms with E-state index in [4.69, 9.17) is 5.73 Å². The Morgan fingerprint density at radius 1 is 1.25 bits per heavy atom. The first-order valence-electron chi connectivity index (χ1n) is 6.94. The lowest BCUT2D eigenvalue weighted by molar-refractivity contribution is -0.115. The zero-order valence-corrected chi connectivity index (χ0v) is 13.2. The van der Waals surface area contributed by atoms with Gasteiger partial charge in [-0.3, -0.25) is 9.59 Å². The molecule has 4 N–H and O–H groups in total. The van der Waals surface area contributed by atoms with Crippen molar-refractivity contribution in [2.24, 2.45) is 5.73 Å². The number of nitrogens with one attached hydrogen (secondary N) is 2. The molecule has 0 aliphatic heterocycles. The summed E-state index contributed by atoms with van der Waals surface area (Å²) in [6.45, 7) is 3.25. The molecule has 0 saturated carbocycles. The van der Waals surface area contributed by atoms with Crippen LogP contribution in [0.1, 0.15) is 11.1 Å². The number of carbonyl (C=O) groups is 2. The van der Waals surface area contributed by atoms with Crippen molar-refractivity contribution in [2.75, 3.05) is 11.9 Å². The van der Waals surface area contributed by atoms with Crippen LogP contribution in [0.15, 0.2) is 41.7 Å². The lowest BCUT2D eigenvalue weighted by Crippen LogP contribution is -2.26. The van der Waals surface area contributed by atoms with Crippen molar-refractivity contribution in [2.45, 2.75) is 20.0 Å². The molecule has 0 heterocycles. The molecule has 5 nitrogen and oxygen atoms in total. The average molecular weight is 341 g/mol. The van der Waals surface area contributed by atoms with Crippen LogP contribution in [-0.4, -0.2) is 24.9 Å². The molecule has 0 aromatic heterocycles. The quantitative estimate of drug-likeness (QED) is 0.421. The van der Waals surface area contributed by atoms with Crippen LogP contribution in [0.5, 0.6) is 0 Å². The Morgan fingerprint density at radius 2 is 1.83 bits per heavy atom. The van der Waals surface area contributed by atoms with E-state index in [1.807, 2.05) is 32.0 Å². The molecule has 8 heteroatoms. The van der Waals surface area contributed by atoms with Crippen molar-refractivity contribution in [3.63, 3.8) is 0 Å². The van der Waals surface area contributed by atoms with Crippen LogP contribution >= 0.6 is 0 Å². The molecule has 0 spiro atoms. The van der Waals surface area contributed by atoms with Crippen molar-refractivity contribution in [3.8, 4) is 0 Å². The van der Waals surface area contributed by atoms with E-state index >= 15 is 0 Å². The molecule has 1 aromatic rings. The Morgan fingerprint density at radius 3 is 2.33 bits per heavy atom. The lowest BCUT2D eigenvalue weighted by atomic mass is 10.1. The number of alkyl halides is 3. The average Bonchev–Trinajstić information content (AvgIpc) is 2.49. The van der Waals surface area contributed by atoms with Gasteiger partial charge in [0.15, 0.2) is 6.29 Å². The molecular weight excluding hydrogens is 323 g/mol. The summed E-state index contributed by atoms with van der Waals surface area (Å²) >= 11 is 0. The summed E-state index contributed by atoms with van der Waals surface area (Å²) in [6.07, 6.45) is -3.51. The Labute approximate surface area is 137 Å². The normalized spacial score (nSPS) is 12.7. The number of aldehydes is 1. The van der Waals surface area contributed by atoms with Gasteiger partial charge in [0.25, 0.3) is 0 Å². The largest absolute Gasteiger partial charge is 0.417 e. The minimum absolute atomic E-state index is 0.104. The fourth-order valence-corrected chi connectivity index (χ4v) is 1.87. The highest BCUT2D eigenvalue weighted by Crippen LogP contribution is 2.26. The molecule has 0 radical (unpaired) electrons. The van der Waals surface area contributed by atoms with Crippen molar-refractivity contribution in [1.82, 2.24) is 5.32 Å². The van der Waals surface area contributed by atoms with E-state index in [1.165, 1.54) is 0 Å². The maximum atomic E-state index is 12.8. The van der Waals surface area contributed by atoms with Crippen molar-refractivity contribution < 1.29 is 22.8 Å². The zero-order valence-electron chi connectivity index (χ0n) is 13.2. The van der Waals surface area contributed by atoms with Gasteiger partial charge in [-0.15, -0.1) is 0 Å². The second-order valence-corrected chi connectivity index (χ2v) is 5.06. The highest BCUT2D eigenvalue weighted by Gasteiger charge is 2.32. The summed E-state index contributed by atoms with van der Waals surface area (Å²) in [5, 5.41) is 4.90. The number of allylic oxidation sites excluding steroid dienone is 3. The number of hydrogen-bond acceptors (Lipinski definition) is 4. The van der Waals surface area contributed by atoms with E-state index in [9.17, 15) is 22.8 Å². The van der Waals surface area contributed by atoms with Gasteiger partial charge >= 0.3 is 6.18 Å². The van der Waals surface area contributed by atoms with Crippen LogP contribution in [0.2, 0.25) is 0 Å². The fraction of sp³-hybridized carbons (Fsp3) is 0.250. The first kappa shape index (κ1) is 19.3. The number of halogens is 3. The van der Waals surface area contributed by atoms with Crippen LogP contribution in [0.4, 0.5) is 18.9 Å². The number of rotatable bonds is 6. The summed E-state index contributed by atoms with van der Waals surface area (Å²) in [5.41, 5.74) is 5.66. The standard InChI is InChI=1S/C16H18F3N3O2/c1-10-4-3-5-11(2)15(10)22-14(24)8-21-7-12(16(17,18)19)6-13(20)9-23/h3-7,9,21H,8,20H2,1-2H3,(H,22,24)/b12-7+,13-6+. The van der Waals surface area contributed by atoms with Crippen LogP contribution in [0, 0.1) is 13.8 Å². The highest BCUT2D eigenvalue weighted by atomic mass is 19.4. The van der Waals surface area contributed by atoms with Crippen LogP contribution in [0.3, 0.4) is 0 Å². The predicted molar refractivity (Wildman–Crippen MR) is 85.0 cm³/mol. The number of benzene rings is 1. The molecule has 24 heavy (non-hydrogen) atoms. The third kappa shape index (κ3) is 5.79. The molecule has 0 saturated heterocycles. The van der Waals surface area contributed by atoms with Gasteiger partial charge in [0.1, 0.15) is 0 Å². The summed E-state index contributed by atoms with van der Waals surface area (Å²) in [6, 6.07) is 5.45. The smallest absolute Gasteiger partial charge is 0.396 e. The molecule has 1 rings (SSSR count). The molecule has 0 bridgehead atoms. The summed E-state index contributed by atoms with van der Waals surface area (Å²) in [5.74, 6) is -0.502. The van der Waals surface area contributed by atoms with Gasteiger partial charge in [-0.05, 0) is 31.1 Å². The third-order valence-corrected chi connectivity index (χ3v) is 3.05. The van der Waals surface area contributed by atoms with Gasteiger partial charge in [-0.25, -0.2) is 0 Å². The fourth-order valence-electron chi connectivity index (χ4n) is 1.87. The number of aryl methyl sites for hydroxylation is 2. The molecule has 0 unspecified atom stereocenters. The minimum Gasteiger partial charge on any atom is -0.396 e. The Hall–Kier alpha value is -2.77. The van der Waals surface area contributed by atoms with Crippen molar-refractivity contribution >= 4 is 17.9 Å². The van der Waals surface area contributed by atoms with E-state index in [-0.39, 0.29) is 12.8 Å². The SMILES string of the molecule is Cc1cccc(C)c1NC(=O)CN/C=C(\C=C(\N)C=O)C(F)(F)F. The van der Waals surface area contributed by atoms with Gasteiger partial charge in [0.2, 0.25) is 5.91 Å². The molecule has 1 aromatic carbocycles. The predicted octanol–water partition coefficient (Wildman–Crippen LogP) is 2.32. The van der Waals surface area contributed by atoms with E-state index in [0.717, 1.165) is 11.1 Å². The zero-order chi connectivity index (χ0) is 18.3. The van der Waals surface area contributed by atoms with Crippen LogP contribution < -0.4 is 16.4 Å². The molecular formula is C16H18F3N3O2. The Balaban J connectivity index is 2.76. The summed E-state index contributed by atoms with van der Waals surface area (Å²) < 4.78 is 38.3. The topological polar surface area (TPSA) is 84.2 Å². The van der Waals surface area contributed by atoms with Gasteiger partial charge in [0, 0.05) is 11.9 Å². The first-order chi connectivity index (χ1) is 11.1. The maximum absolute atomic E-state index is 12.8. The van der Waals surface area contributed by atoms with Crippen LogP contribution in [-0.2, 0) is 9.59 Å². The maximum Gasteiger partial charge on any atom is 0.417 e. The van der Waals surface area contributed by atoms with Gasteiger partial charge in [0.05, 0.1) is 17.8 Å². The number of hydrogen-bond donors (Lipinski definition) is 3. The van der Waals surface area contributed by atoms with E-state index < -0.39 is 23.4 Å². The van der Waals surface area contributed by atoms with E-state index in [2.05, 4.69) is 10.6 Å². The highest BCUT2D eigenvalue weighted by molar-refractivity contribution is 5.93. The summed E-state index contributed by atoms with van der Waals surface area (Å²) in [4.78, 5) is 22.2. The molecule has 0 aliphatic carbocycles. The summed E-state index contributed by atoms with van der Waals surface area (Å²) in [7, 11) is 0. The van der Waals surface area contributed by atoms with E-state index in [1.54, 1.807) is 0 Å². The van der Waals surface area contributed by atoms with Crippen LogP contribution in [0.25, 0.3) is 0 Å². The van der Waals surface area contributed by atoms with Crippen molar-refractivity contribution in [3.05, 3.63) is 52.9 Å². The first-order valence-corrected chi connectivity index (χ1v) is 6.94. The number of para-hydroxylation sites is 1. The monoisotopic (exact) mass is 341 g/mol. The number of nitrogens with two attached hydrogens (primary N) is 1. The molecule has 0 atom stereocenters. The van der Waals surface area contributed by atoms with E-state index in [0.29, 0.717) is 18.0 Å². The minimum atomic E-state index is -4.70. The molecule has 130 valence electrons.